The van der Waals surface area contributed by atoms with Crippen LogP contribution >= 0.6 is 0 Å². The molecule has 1 saturated heterocycles. The first-order valence-corrected chi connectivity index (χ1v) is 20.4. The first kappa shape index (κ1) is 37.3. The molecule has 0 amide bonds. The maximum Gasteiger partial charge on any atom is 0.303 e. The number of nitriles is 1. The first-order valence-electron chi connectivity index (χ1n) is 20.4. The fourth-order valence-electron chi connectivity index (χ4n) is 14.9. The number of fused-ring (bicyclic) bond motifs is 9. The van der Waals surface area contributed by atoms with E-state index in [2.05, 4.69) is 26.8 Å². The van der Waals surface area contributed by atoms with Crippen LogP contribution in [0, 0.1) is 68.5 Å². The summed E-state index contributed by atoms with van der Waals surface area (Å²) in [5, 5.41) is 53.1. The molecular formula is C43H59NO9. The van der Waals surface area contributed by atoms with Gasteiger partial charge in [-0.15, -0.1) is 0 Å². The highest BCUT2D eigenvalue weighted by Crippen LogP contribution is 2.73. The Labute approximate surface area is 313 Å². The van der Waals surface area contributed by atoms with Crippen molar-refractivity contribution >= 4 is 17.5 Å². The van der Waals surface area contributed by atoms with Crippen molar-refractivity contribution in [1.29, 1.82) is 5.26 Å². The van der Waals surface area contributed by atoms with Crippen LogP contribution < -0.4 is 0 Å². The number of rotatable bonds is 3. The molecule has 1 aliphatic heterocycles. The largest absolute Gasteiger partial charge is 0.508 e. The molecule has 0 bridgehead atoms. The van der Waals surface area contributed by atoms with Crippen molar-refractivity contribution in [2.45, 2.75) is 154 Å². The fourth-order valence-corrected chi connectivity index (χ4v) is 14.9. The van der Waals surface area contributed by atoms with Crippen molar-refractivity contribution in [3.05, 3.63) is 23.0 Å². The Kier molecular flexibility index (Phi) is 8.60. The van der Waals surface area contributed by atoms with Gasteiger partial charge in [0.15, 0.2) is 12.4 Å². The molecule has 10 heteroatoms. The second-order valence-electron chi connectivity index (χ2n) is 19.7. The maximum absolute atomic E-state index is 12.9. The molecule has 0 aromatic rings. The minimum atomic E-state index is -1.58. The van der Waals surface area contributed by atoms with Crippen LogP contribution in [0.2, 0.25) is 0 Å². The number of carbonyl (C=O) groups excluding carboxylic acids is 3. The summed E-state index contributed by atoms with van der Waals surface area (Å²) in [5.41, 5.74) is -1.02. The van der Waals surface area contributed by atoms with Gasteiger partial charge in [0.25, 0.3) is 0 Å². The van der Waals surface area contributed by atoms with Crippen LogP contribution in [-0.2, 0) is 23.9 Å². The molecule has 7 fully saturated rings. The molecule has 0 unspecified atom stereocenters. The Morgan fingerprint density at radius 3 is 2.36 bits per heavy atom. The zero-order valence-corrected chi connectivity index (χ0v) is 32.2. The Morgan fingerprint density at radius 2 is 1.64 bits per heavy atom. The Bertz CT molecular complexity index is 1710. The van der Waals surface area contributed by atoms with Gasteiger partial charge in [-0.05, 0) is 136 Å². The number of hydrogen-bond donors (Lipinski definition) is 4. The molecule has 10 nitrogen and oxygen atoms in total. The van der Waals surface area contributed by atoms with Crippen LogP contribution in [0.1, 0.15) is 125 Å². The number of ketones is 2. The van der Waals surface area contributed by atoms with Gasteiger partial charge in [-0.2, -0.15) is 5.26 Å². The number of aliphatic hydroxyl groups excluding tert-OH is 3. The second-order valence-corrected chi connectivity index (χ2v) is 19.7. The van der Waals surface area contributed by atoms with E-state index in [1.807, 2.05) is 6.92 Å². The SMILES string of the molecule is CC(=O)OCC(=O)[C@@]1(O)CC[C@H]2[C@@H]3CCC4=CC(=O)CC[C@]4(C)[C@H]3[C@@H](O)C[C@@]21C.C[C@]12CC[C@H]3[C@@H](CC[C@@]45O[C@@H]4C(O)=C(C#N)C[C@]35C)[C@@H]1CC[C@@H]2O. The highest BCUT2D eigenvalue weighted by atomic mass is 16.6. The van der Waals surface area contributed by atoms with E-state index in [1.54, 1.807) is 6.08 Å². The van der Waals surface area contributed by atoms with Crippen molar-refractivity contribution in [2.75, 3.05) is 6.61 Å². The van der Waals surface area contributed by atoms with E-state index in [0.717, 1.165) is 69.8 Å². The van der Waals surface area contributed by atoms with Gasteiger partial charge in [0, 0.05) is 24.2 Å². The van der Waals surface area contributed by atoms with Gasteiger partial charge in [-0.25, -0.2) is 0 Å². The number of esters is 1. The number of allylic oxidation sites excluding steroid dienone is 2. The summed E-state index contributed by atoms with van der Waals surface area (Å²) < 4.78 is 11.0. The van der Waals surface area contributed by atoms with Gasteiger partial charge >= 0.3 is 5.97 Å². The zero-order chi connectivity index (χ0) is 38.1. The van der Waals surface area contributed by atoms with Crippen molar-refractivity contribution in [1.82, 2.24) is 0 Å². The van der Waals surface area contributed by atoms with Gasteiger partial charge in [0.1, 0.15) is 23.1 Å². The van der Waals surface area contributed by atoms with E-state index in [9.17, 15) is 40.1 Å². The molecule has 290 valence electrons. The highest BCUT2D eigenvalue weighted by Gasteiger charge is 2.76. The van der Waals surface area contributed by atoms with E-state index in [-0.39, 0.29) is 63.4 Å². The number of aliphatic hydroxyl groups is 4. The van der Waals surface area contributed by atoms with Crippen LogP contribution in [0.25, 0.3) is 0 Å². The molecule has 9 rings (SSSR count). The Balaban J connectivity index is 0.000000153. The zero-order valence-electron chi connectivity index (χ0n) is 32.2. The summed E-state index contributed by atoms with van der Waals surface area (Å²) >= 11 is 0. The van der Waals surface area contributed by atoms with Crippen LogP contribution in [0.15, 0.2) is 23.0 Å². The van der Waals surface area contributed by atoms with Gasteiger partial charge in [0.2, 0.25) is 5.78 Å². The predicted molar refractivity (Wildman–Crippen MR) is 193 cm³/mol. The highest BCUT2D eigenvalue weighted by molar-refractivity contribution is 5.92. The average molecular weight is 734 g/mol. The molecule has 9 aliphatic rings. The number of nitrogens with zero attached hydrogens (tertiary/aromatic N) is 1. The van der Waals surface area contributed by atoms with Crippen LogP contribution in [0.5, 0.6) is 0 Å². The van der Waals surface area contributed by atoms with E-state index >= 15 is 0 Å². The number of Topliss-reactive ketones (excluding diaryl/α,β-unsaturated/α-hetero) is 1. The molecule has 0 aromatic heterocycles. The molecule has 0 radical (unpaired) electrons. The number of hydrogen-bond acceptors (Lipinski definition) is 10. The predicted octanol–water partition coefficient (Wildman–Crippen LogP) is 5.82. The van der Waals surface area contributed by atoms with Crippen molar-refractivity contribution < 1.29 is 44.3 Å². The Hall–Kier alpha value is -2.58. The molecular weight excluding hydrogens is 674 g/mol. The van der Waals surface area contributed by atoms with Gasteiger partial charge in [0.05, 0.1) is 23.9 Å². The lowest BCUT2D eigenvalue weighted by atomic mass is 9.45. The van der Waals surface area contributed by atoms with Gasteiger partial charge in [-0.3, -0.25) is 14.4 Å². The lowest BCUT2D eigenvalue weighted by molar-refractivity contribution is -0.184. The summed E-state index contributed by atoms with van der Waals surface area (Å²) in [6.07, 6.45) is 12.2. The first-order chi connectivity index (χ1) is 24.9. The fraction of sp³-hybridized carbons (Fsp3) is 0.814. The summed E-state index contributed by atoms with van der Waals surface area (Å²) in [7, 11) is 0. The average Bonchev–Trinajstić information content (AvgIpc) is 3.70. The monoisotopic (exact) mass is 733 g/mol. The van der Waals surface area contributed by atoms with Crippen LogP contribution in [0.4, 0.5) is 0 Å². The standard InChI is InChI=1S/C23H32O6.C20H27NO3/c1-13(24)29-12-19(27)23(28)9-7-17-16-5-4-14-10-15(25)6-8-21(14,2)20(16)18(26)11-22(17,23)3;1-18-7-6-14-12(13(18)3-4-15(18)22)5-8-20-17(24-20)16(23)11(10-21)9-19(14,20)2/h10,16-18,20,26,28H,4-9,11-12H2,1-3H3;12-15,17,22-23H,3-9H2,1-2H3/t16-,17-,18-,20+,21-,22-,23-;12-,13-,14-,15-,17+,18-,19+,20+/m00/s1. The van der Waals surface area contributed by atoms with Gasteiger partial charge < -0.3 is 29.9 Å². The summed E-state index contributed by atoms with van der Waals surface area (Å²) in [4.78, 5) is 36.0. The van der Waals surface area contributed by atoms with E-state index in [1.165, 1.54) is 6.92 Å². The third-order valence-electron chi connectivity index (χ3n) is 17.9. The molecule has 53 heavy (non-hydrogen) atoms. The number of ether oxygens (including phenoxy) is 2. The van der Waals surface area contributed by atoms with Crippen molar-refractivity contribution in [3.63, 3.8) is 0 Å². The third-order valence-corrected chi connectivity index (χ3v) is 17.9. The third kappa shape index (κ3) is 4.98. The minimum Gasteiger partial charge on any atom is -0.508 e. The van der Waals surface area contributed by atoms with Crippen LogP contribution in [0.3, 0.4) is 0 Å². The van der Waals surface area contributed by atoms with E-state index in [4.69, 9.17) is 9.47 Å². The lowest BCUT2D eigenvalue weighted by Crippen LogP contribution is -2.62. The topological polar surface area (TPSA) is 178 Å². The minimum absolute atomic E-state index is 0.0413. The van der Waals surface area contributed by atoms with Gasteiger partial charge in [-0.1, -0.05) is 33.3 Å². The molecule has 0 aromatic carbocycles. The molecule has 1 spiro atoms. The summed E-state index contributed by atoms with van der Waals surface area (Å²) in [6.45, 7) is 9.53. The number of epoxide rings is 1. The lowest BCUT2D eigenvalue weighted by Gasteiger charge is -2.60. The van der Waals surface area contributed by atoms with E-state index < -0.39 is 35.5 Å². The summed E-state index contributed by atoms with van der Waals surface area (Å²) in [6, 6.07) is 2.23. The van der Waals surface area contributed by atoms with Crippen molar-refractivity contribution in [3.8, 4) is 6.07 Å². The van der Waals surface area contributed by atoms with E-state index in [0.29, 0.717) is 49.0 Å². The molecule has 8 aliphatic carbocycles. The molecule has 4 N–H and O–H groups in total. The molecule has 6 saturated carbocycles. The van der Waals surface area contributed by atoms with Crippen molar-refractivity contribution in [2.24, 2.45) is 57.2 Å². The van der Waals surface area contributed by atoms with Crippen LogP contribution in [-0.4, -0.2) is 74.1 Å². The summed E-state index contributed by atoms with van der Waals surface area (Å²) in [5.74, 6) is 1.50. The Morgan fingerprint density at radius 1 is 0.925 bits per heavy atom. The quantitative estimate of drug-likeness (QED) is 0.204. The molecule has 15 atom stereocenters. The maximum atomic E-state index is 12.9. The smallest absolute Gasteiger partial charge is 0.303 e. The second kappa shape index (κ2) is 12.2. The molecule has 1 heterocycles. The number of carbonyl (C=O) groups is 3. The normalized spacial score (nSPS) is 51.6.